The highest BCUT2D eigenvalue weighted by Crippen LogP contribution is 2.11. The maximum atomic E-state index is 12.3. The third kappa shape index (κ3) is 4.01. The van der Waals surface area contributed by atoms with Crippen LogP contribution in [0, 0.1) is 20.8 Å². The third-order valence-corrected chi connectivity index (χ3v) is 4.68. The van der Waals surface area contributed by atoms with Crippen molar-refractivity contribution < 1.29 is 0 Å². The van der Waals surface area contributed by atoms with E-state index < -0.39 is 0 Å². The van der Waals surface area contributed by atoms with E-state index in [2.05, 4.69) is 26.4 Å². The zero-order valence-electron chi connectivity index (χ0n) is 15.4. The van der Waals surface area contributed by atoms with Gasteiger partial charge in [0.15, 0.2) is 17.5 Å². The number of rotatable bonds is 6. The molecule has 0 saturated carbocycles. The van der Waals surface area contributed by atoms with Gasteiger partial charge < -0.3 is 0 Å². The minimum absolute atomic E-state index is 0.148. The van der Waals surface area contributed by atoms with Crippen LogP contribution in [-0.4, -0.2) is 41.5 Å². The average molecular weight is 370 g/mol. The van der Waals surface area contributed by atoms with E-state index in [-0.39, 0.29) is 12.1 Å². The Morgan fingerprint density at radius 1 is 1.12 bits per heavy atom. The summed E-state index contributed by atoms with van der Waals surface area (Å²) in [6.45, 7) is 5.96. The molecule has 0 aliphatic carbocycles. The number of hydrogen-bond donors (Lipinski definition) is 0. The highest BCUT2D eigenvalue weighted by Gasteiger charge is 2.15. The Bertz CT molecular complexity index is 978. The molecule has 3 rings (SSSR count). The number of pyridine rings is 1. The summed E-state index contributed by atoms with van der Waals surface area (Å²) >= 11 is 1.75. The van der Waals surface area contributed by atoms with Gasteiger partial charge in [-0.1, -0.05) is 6.07 Å². The molecular formula is C18H22N6OS. The van der Waals surface area contributed by atoms with E-state index in [1.807, 2.05) is 39.0 Å². The van der Waals surface area contributed by atoms with Crippen LogP contribution in [0.2, 0.25) is 0 Å². The first kappa shape index (κ1) is 18.3. The minimum atomic E-state index is -0.148. The highest BCUT2D eigenvalue weighted by molar-refractivity contribution is 7.98. The number of hydrogen-bond acceptors (Lipinski definition) is 6. The van der Waals surface area contributed by atoms with E-state index in [9.17, 15) is 4.79 Å². The van der Waals surface area contributed by atoms with E-state index >= 15 is 0 Å². The summed E-state index contributed by atoms with van der Waals surface area (Å²) in [5.41, 5.74) is 2.46. The molecule has 0 spiro atoms. The summed E-state index contributed by atoms with van der Waals surface area (Å²) in [5, 5.41) is 9.00. The highest BCUT2D eigenvalue weighted by atomic mass is 32.2. The summed E-state index contributed by atoms with van der Waals surface area (Å²) in [6.07, 6.45) is 2.82. The van der Waals surface area contributed by atoms with Crippen LogP contribution in [0.4, 0.5) is 0 Å². The van der Waals surface area contributed by atoms with Crippen molar-refractivity contribution in [3.8, 4) is 5.82 Å². The monoisotopic (exact) mass is 370 g/mol. The van der Waals surface area contributed by atoms with E-state index in [0.717, 1.165) is 34.9 Å². The molecule has 0 saturated heterocycles. The third-order valence-electron chi connectivity index (χ3n) is 4.07. The van der Waals surface area contributed by atoms with Crippen molar-refractivity contribution in [3.05, 3.63) is 63.2 Å². The molecule has 0 N–H and O–H groups in total. The maximum Gasteiger partial charge on any atom is 0.267 e. The predicted molar refractivity (Wildman–Crippen MR) is 103 cm³/mol. The van der Waals surface area contributed by atoms with Crippen molar-refractivity contribution in [2.45, 2.75) is 33.7 Å². The molecule has 3 aromatic heterocycles. The zero-order chi connectivity index (χ0) is 18.7. The van der Waals surface area contributed by atoms with E-state index in [4.69, 9.17) is 0 Å². The van der Waals surface area contributed by atoms with Gasteiger partial charge in [0.05, 0.1) is 5.69 Å². The van der Waals surface area contributed by atoms with Crippen molar-refractivity contribution >= 4 is 11.8 Å². The minimum Gasteiger partial charge on any atom is -0.268 e. The van der Waals surface area contributed by atoms with Crippen LogP contribution in [0.3, 0.4) is 0 Å². The number of aromatic nitrogens is 6. The van der Waals surface area contributed by atoms with E-state index in [1.165, 1.54) is 4.68 Å². The summed E-state index contributed by atoms with van der Waals surface area (Å²) in [4.78, 5) is 21.5. The first-order valence-electron chi connectivity index (χ1n) is 8.41. The van der Waals surface area contributed by atoms with Crippen molar-refractivity contribution in [3.63, 3.8) is 0 Å². The van der Waals surface area contributed by atoms with Gasteiger partial charge in [0, 0.05) is 23.9 Å². The fraction of sp³-hybridized carbons (Fsp3) is 0.389. The van der Waals surface area contributed by atoms with Gasteiger partial charge in [0.2, 0.25) is 0 Å². The van der Waals surface area contributed by atoms with Gasteiger partial charge in [-0.25, -0.2) is 14.6 Å². The number of aryl methyl sites for hydroxylation is 4. The second kappa shape index (κ2) is 7.82. The molecule has 0 unspecified atom stereocenters. The molecule has 0 aromatic carbocycles. The second-order valence-corrected chi connectivity index (χ2v) is 7.13. The van der Waals surface area contributed by atoms with Crippen LogP contribution in [0.25, 0.3) is 5.82 Å². The van der Waals surface area contributed by atoms with Crippen LogP contribution in [0.5, 0.6) is 0 Å². The summed E-state index contributed by atoms with van der Waals surface area (Å²) in [7, 11) is 0. The Hall–Kier alpha value is -2.48. The zero-order valence-corrected chi connectivity index (χ0v) is 16.2. The fourth-order valence-corrected chi connectivity index (χ4v) is 2.93. The standard InChI is InChI=1S/C18H22N6OS/c1-12-10-18(25)23(21-14(12)3)11-17-20-15(8-9-26-4)22-24(17)16-7-5-6-13(2)19-16/h5-7,10H,8-9,11H2,1-4H3. The molecular weight excluding hydrogens is 348 g/mol. The Labute approximate surface area is 156 Å². The molecule has 3 aromatic rings. The van der Waals surface area contributed by atoms with Crippen molar-refractivity contribution in [1.82, 2.24) is 29.5 Å². The van der Waals surface area contributed by atoms with Gasteiger partial charge in [-0.05, 0) is 44.7 Å². The van der Waals surface area contributed by atoms with Crippen molar-refractivity contribution in [2.75, 3.05) is 12.0 Å². The Morgan fingerprint density at radius 2 is 1.92 bits per heavy atom. The lowest BCUT2D eigenvalue weighted by atomic mass is 10.2. The molecule has 7 nitrogen and oxygen atoms in total. The van der Waals surface area contributed by atoms with Gasteiger partial charge in [-0.3, -0.25) is 4.79 Å². The molecule has 3 heterocycles. The molecule has 0 radical (unpaired) electrons. The number of thioether (sulfide) groups is 1. The van der Waals surface area contributed by atoms with Crippen LogP contribution < -0.4 is 5.56 Å². The summed E-state index contributed by atoms with van der Waals surface area (Å²) in [5.74, 6) is 3.03. The molecule has 0 aliphatic rings. The quantitative estimate of drug-likeness (QED) is 0.661. The van der Waals surface area contributed by atoms with Crippen molar-refractivity contribution in [1.29, 1.82) is 0 Å². The van der Waals surface area contributed by atoms with Crippen LogP contribution in [0.15, 0.2) is 29.1 Å². The molecule has 0 amide bonds. The Balaban J connectivity index is 2.03. The average Bonchev–Trinajstić information content (AvgIpc) is 3.00. The molecule has 136 valence electrons. The van der Waals surface area contributed by atoms with E-state index in [0.29, 0.717) is 11.6 Å². The molecule has 0 fully saturated rings. The summed E-state index contributed by atoms with van der Waals surface area (Å²) < 4.78 is 3.14. The van der Waals surface area contributed by atoms with Gasteiger partial charge >= 0.3 is 0 Å². The number of nitrogens with zero attached hydrogens (tertiary/aromatic N) is 6. The Kier molecular flexibility index (Phi) is 5.51. The lowest BCUT2D eigenvalue weighted by molar-refractivity contribution is 0.587. The fourth-order valence-electron chi connectivity index (χ4n) is 2.54. The molecule has 8 heteroatoms. The first-order chi connectivity index (χ1) is 12.5. The molecule has 0 atom stereocenters. The van der Waals surface area contributed by atoms with Crippen LogP contribution in [0.1, 0.15) is 28.6 Å². The van der Waals surface area contributed by atoms with Crippen molar-refractivity contribution in [2.24, 2.45) is 0 Å². The lowest BCUT2D eigenvalue weighted by Gasteiger charge is -2.08. The second-order valence-electron chi connectivity index (χ2n) is 6.14. The Morgan fingerprint density at radius 3 is 2.65 bits per heavy atom. The summed E-state index contributed by atoms with van der Waals surface area (Å²) in [6, 6.07) is 7.36. The first-order valence-corrected chi connectivity index (χ1v) is 9.80. The lowest BCUT2D eigenvalue weighted by Crippen LogP contribution is -2.25. The largest absolute Gasteiger partial charge is 0.268 e. The predicted octanol–water partition coefficient (Wildman–Crippen LogP) is 2.10. The van der Waals surface area contributed by atoms with Crippen LogP contribution >= 0.6 is 11.8 Å². The van der Waals surface area contributed by atoms with Gasteiger partial charge in [-0.2, -0.15) is 21.5 Å². The maximum absolute atomic E-state index is 12.3. The smallest absolute Gasteiger partial charge is 0.267 e. The molecule has 0 bridgehead atoms. The van der Waals surface area contributed by atoms with Gasteiger partial charge in [0.25, 0.3) is 5.56 Å². The normalized spacial score (nSPS) is 11.1. The SMILES string of the molecule is CSCCc1nc(Cn2nc(C)c(C)cc2=O)n(-c2cccc(C)n2)n1. The topological polar surface area (TPSA) is 78.5 Å². The van der Waals surface area contributed by atoms with Gasteiger partial charge in [-0.15, -0.1) is 5.10 Å². The van der Waals surface area contributed by atoms with Gasteiger partial charge in [0.1, 0.15) is 6.54 Å². The van der Waals surface area contributed by atoms with E-state index in [1.54, 1.807) is 22.5 Å². The molecule has 0 aliphatic heterocycles. The van der Waals surface area contributed by atoms with Crippen LogP contribution in [-0.2, 0) is 13.0 Å². The molecule has 26 heavy (non-hydrogen) atoms.